The van der Waals surface area contributed by atoms with Gasteiger partial charge in [0.2, 0.25) is 5.69 Å². The van der Waals surface area contributed by atoms with Crippen molar-refractivity contribution in [2.75, 3.05) is 25.1 Å². The lowest BCUT2D eigenvalue weighted by Crippen LogP contribution is -2.61. The second-order valence-electron chi connectivity index (χ2n) is 18.1. The molecule has 0 radical (unpaired) electrons. The third-order valence-electron chi connectivity index (χ3n) is 14.3. The molecule has 2 atom stereocenters. The quantitative estimate of drug-likeness (QED) is 0.0703. The predicted molar refractivity (Wildman–Crippen MR) is 254 cm³/mol. The summed E-state index contributed by atoms with van der Waals surface area (Å²) < 4.78 is 46.5. The van der Waals surface area contributed by atoms with Gasteiger partial charge >= 0.3 is 5.97 Å². The SMILES string of the molecule is CCC1[n+]2ccccc2-c2c(F)cc(F)cc2C1(CC)C[n+]1cc(CCCc2ccc(-c3c(C=CC4=CC(=C(C#N)C#N)C=C(C)O4)cc4c5c3CCCN5CCC4)cc2)ccc1C(=O)OC. The smallest absolute Gasteiger partial charge is 0.403 e. The number of carbonyl (C=O) groups excluding carboxylic acids is 1. The van der Waals surface area contributed by atoms with Gasteiger partial charge in [0.1, 0.15) is 46.3 Å². The number of hydrogen-bond donors (Lipinski definition) is 0. The van der Waals surface area contributed by atoms with Crippen molar-refractivity contribution in [3.63, 3.8) is 0 Å². The van der Waals surface area contributed by atoms with Gasteiger partial charge < -0.3 is 14.4 Å². The number of nitriles is 2. The molecule has 5 aromatic rings. The summed E-state index contributed by atoms with van der Waals surface area (Å²) in [6.45, 7) is 8.45. The van der Waals surface area contributed by atoms with E-state index in [1.165, 1.54) is 41.1 Å². The molecule has 4 aliphatic rings. The van der Waals surface area contributed by atoms with Crippen molar-refractivity contribution in [3.8, 4) is 34.5 Å². The van der Waals surface area contributed by atoms with Crippen LogP contribution < -0.4 is 14.0 Å². The highest BCUT2D eigenvalue weighted by Gasteiger charge is 2.54. The average Bonchev–Trinajstić information content (AvgIpc) is 3.34. The molecule has 8 nitrogen and oxygen atoms in total. The van der Waals surface area contributed by atoms with Crippen LogP contribution in [-0.4, -0.2) is 26.2 Å². The first-order chi connectivity index (χ1) is 32.6. The second-order valence-corrected chi connectivity index (χ2v) is 18.1. The molecule has 6 heterocycles. The summed E-state index contributed by atoms with van der Waals surface area (Å²) in [5.74, 6) is -0.496. The summed E-state index contributed by atoms with van der Waals surface area (Å²) in [5, 5.41) is 19.1. The van der Waals surface area contributed by atoms with Crippen LogP contribution in [0.1, 0.15) is 103 Å². The van der Waals surface area contributed by atoms with E-state index in [4.69, 9.17) is 9.47 Å². The Morgan fingerprint density at radius 3 is 2.45 bits per heavy atom. The third kappa shape index (κ3) is 8.46. The van der Waals surface area contributed by atoms with Gasteiger partial charge in [0.05, 0.1) is 12.7 Å². The Labute approximate surface area is 392 Å². The molecule has 0 N–H and O–H groups in total. The number of benzene rings is 3. The monoisotopic (exact) mass is 895 g/mol. The van der Waals surface area contributed by atoms with Gasteiger partial charge in [0.25, 0.3) is 5.69 Å². The molecule has 0 bridgehead atoms. The highest BCUT2D eigenvalue weighted by molar-refractivity contribution is 5.86. The number of anilines is 1. The zero-order valence-corrected chi connectivity index (χ0v) is 38.7. The molecule has 3 aromatic carbocycles. The molecule has 4 aliphatic heterocycles. The first-order valence-corrected chi connectivity index (χ1v) is 23.5. The van der Waals surface area contributed by atoms with Gasteiger partial charge in [-0.3, -0.25) is 0 Å². The molecule has 0 saturated carbocycles. The van der Waals surface area contributed by atoms with E-state index in [0.29, 0.717) is 59.0 Å². The van der Waals surface area contributed by atoms with E-state index < -0.39 is 23.0 Å². The number of ether oxygens (including phenoxy) is 2. The van der Waals surface area contributed by atoms with Crippen LogP contribution in [0.25, 0.3) is 28.5 Å². The average molecular weight is 896 g/mol. The van der Waals surface area contributed by atoms with Crippen molar-refractivity contribution in [1.82, 2.24) is 0 Å². The summed E-state index contributed by atoms with van der Waals surface area (Å²) in [6.07, 6.45) is 19.5. The lowest BCUT2D eigenvalue weighted by atomic mass is 9.66. The number of halogens is 2. The molecular formula is C57H55F2N5O3+2. The number of nitrogens with zero attached hydrogens (tertiary/aromatic N) is 5. The molecule has 10 heteroatoms. The van der Waals surface area contributed by atoms with Gasteiger partial charge in [-0.05, 0) is 140 Å². The van der Waals surface area contributed by atoms with Crippen LogP contribution in [0, 0.1) is 34.3 Å². The van der Waals surface area contributed by atoms with E-state index in [0.717, 1.165) is 80.8 Å². The normalized spacial score (nSPS) is 18.1. The van der Waals surface area contributed by atoms with Crippen molar-refractivity contribution in [3.05, 3.63) is 177 Å². The molecule has 9 rings (SSSR count). The molecule has 0 fully saturated rings. The fourth-order valence-electron chi connectivity index (χ4n) is 11.3. The van der Waals surface area contributed by atoms with Gasteiger partial charge in [0.15, 0.2) is 25.0 Å². The van der Waals surface area contributed by atoms with Crippen molar-refractivity contribution in [2.24, 2.45) is 0 Å². The van der Waals surface area contributed by atoms with Crippen molar-refractivity contribution in [1.29, 1.82) is 10.5 Å². The second kappa shape index (κ2) is 19.0. The number of methoxy groups -OCH3 is 1. The van der Waals surface area contributed by atoms with Crippen LogP contribution in [0.3, 0.4) is 0 Å². The minimum Gasteiger partial charge on any atom is -0.462 e. The first-order valence-electron chi connectivity index (χ1n) is 23.5. The number of allylic oxidation sites excluding steroid dienone is 6. The Hall–Kier alpha value is -7.17. The molecule has 0 aliphatic carbocycles. The Bertz CT molecular complexity index is 2990. The molecule has 2 aromatic heterocycles. The number of carbonyl (C=O) groups is 1. The summed E-state index contributed by atoms with van der Waals surface area (Å²) >= 11 is 0. The highest BCUT2D eigenvalue weighted by Crippen LogP contribution is 2.48. The lowest BCUT2D eigenvalue weighted by molar-refractivity contribution is -0.756. The molecule has 0 spiro atoms. The maximum absolute atomic E-state index is 15.9. The van der Waals surface area contributed by atoms with E-state index in [2.05, 4.69) is 59.7 Å². The third-order valence-corrected chi connectivity index (χ3v) is 14.3. The number of fused-ring (bicyclic) bond motifs is 3. The van der Waals surface area contributed by atoms with Crippen molar-refractivity contribution in [2.45, 2.75) is 96.6 Å². The molecular weight excluding hydrogens is 841 g/mol. The molecule has 67 heavy (non-hydrogen) atoms. The van der Waals surface area contributed by atoms with Crippen LogP contribution >= 0.6 is 0 Å². The summed E-state index contributed by atoms with van der Waals surface area (Å²) in [4.78, 5) is 15.9. The van der Waals surface area contributed by atoms with Crippen LogP contribution in [0.4, 0.5) is 14.5 Å². The number of pyridine rings is 2. The zero-order valence-electron chi connectivity index (χ0n) is 38.7. The molecule has 0 saturated heterocycles. The number of esters is 1. The lowest BCUT2D eigenvalue weighted by Gasteiger charge is -2.39. The minimum absolute atomic E-state index is 0.0486. The summed E-state index contributed by atoms with van der Waals surface area (Å²) in [5.41, 5.74) is 11.9. The summed E-state index contributed by atoms with van der Waals surface area (Å²) in [7, 11) is 1.37. The fraction of sp³-hybridized carbons (Fsp3) is 0.316. The van der Waals surface area contributed by atoms with Crippen molar-refractivity contribution < 1.29 is 32.2 Å². The standard InChI is InChI=1S/C57H55F2N5O3/c1-5-52-57(6-2,48-31-45(58)32-49(59)54(48)50-16-7-8-27-64(50)52)36-63-35-39(19-24-51(63)56(65)66-4)13-9-12-38-17-20-40(21-18-38)53-41(29-42-14-10-25-62-26-11-15-47(53)55(42)62)22-23-46-30-43(28-37(3)67-46)44(33-60)34-61/h7-8,16-24,27-32,35,52H,5-6,9-15,25-26,36H2,1-4H3/q+2. The Morgan fingerprint density at radius 1 is 0.940 bits per heavy atom. The van der Waals surface area contributed by atoms with Gasteiger partial charge in [-0.2, -0.15) is 19.7 Å². The summed E-state index contributed by atoms with van der Waals surface area (Å²) in [6, 6.07) is 27.1. The molecule has 0 amide bonds. The number of rotatable bonds is 12. The van der Waals surface area contributed by atoms with E-state index in [1.807, 2.05) is 72.4 Å². The Balaban J connectivity index is 0.992. The maximum atomic E-state index is 15.9. The van der Waals surface area contributed by atoms with E-state index >= 15 is 8.78 Å². The van der Waals surface area contributed by atoms with Gasteiger partial charge in [-0.25, -0.2) is 13.6 Å². The van der Waals surface area contributed by atoms with Gasteiger partial charge in [-0.15, -0.1) is 0 Å². The minimum atomic E-state index is -0.747. The number of aryl methyl sites for hydroxylation is 3. The first kappa shape index (κ1) is 45.0. The van der Waals surface area contributed by atoms with Gasteiger partial charge in [0, 0.05) is 60.6 Å². The largest absolute Gasteiger partial charge is 0.462 e. The van der Waals surface area contributed by atoms with Crippen LogP contribution in [0.5, 0.6) is 0 Å². The topological polar surface area (TPSA) is 94.1 Å². The Kier molecular flexibility index (Phi) is 12.7. The van der Waals surface area contributed by atoms with E-state index in [-0.39, 0.29) is 11.6 Å². The number of aromatic nitrogens is 2. The predicted octanol–water partition coefficient (Wildman–Crippen LogP) is 11.0. The molecule has 338 valence electrons. The maximum Gasteiger partial charge on any atom is 0.403 e. The molecule has 2 unspecified atom stereocenters. The van der Waals surface area contributed by atoms with Crippen molar-refractivity contribution >= 4 is 17.7 Å². The highest BCUT2D eigenvalue weighted by atomic mass is 19.1. The Morgan fingerprint density at radius 2 is 1.70 bits per heavy atom. The van der Waals surface area contributed by atoms with Gasteiger partial charge in [-0.1, -0.05) is 44.2 Å². The van der Waals surface area contributed by atoms with Crippen LogP contribution in [0.15, 0.2) is 126 Å². The zero-order chi connectivity index (χ0) is 46.8. The van der Waals surface area contributed by atoms with E-state index in [9.17, 15) is 15.3 Å². The van der Waals surface area contributed by atoms with E-state index in [1.54, 1.807) is 12.2 Å². The van der Waals surface area contributed by atoms with Crippen LogP contribution in [-0.2, 0) is 47.1 Å². The fourth-order valence-corrected chi connectivity index (χ4v) is 11.3. The number of hydrogen-bond acceptors (Lipinski definition) is 6. The van der Waals surface area contributed by atoms with Crippen LogP contribution in [0.2, 0.25) is 0 Å².